The van der Waals surface area contributed by atoms with Crippen molar-refractivity contribution in [2.24, 2.45) is 0 Å². The molecule has 2 atom stereocenters. The number of benzene rings is 1. The number of sulfone groups is 1. The molecule has 0 spiro atoms. The molecule has 0 saturated carbocycles. The van der Waals surface area contributed by atoms with Gasteiger partial charge in [-0.3, -0.25) is 14.9 Å². The first-order chi connectivity index (χ1) is 10.6. The second kappa shape index (κ2) is 6.21. The van der Waals surface area contributed by atoms with Crippen molar-refractivity contribution in [1.82, 2.24) is 14.9 Å². The summed E-state index contributed by atoms with van der Waals surface area (Å²) in [6.07, 6.45) is 1.08. The zero-order chi connectivity index (χ0) is 17.5. The molecule has 6 nitrogen and oxygen atoms in total. The van der Waals surface area contributed by atoms with Crippen LogP contribution >= 0.6 is 12.2 Å². The van der Waals surface area contributed by atoms with Crippen LogP contribution in [0.2, 0.25) is 0 Å². The summed E-state index contributed by atoms with van der Waals surface area (Å²) in [6.45, 7) is 3.97. The lowest BCUT2D eigenvalue weighted by Gasteiger charge is -2.35. The lowest BCUT2D eigenvalue weighted by atomic mass is 10.1. The van der Waals surface area contributed by atoms with Crippen LogP contribution in [0.5, 0.6) is 0 Å². The van der Waals surface area contributed by atoms with Gasteiger partial charge in [0, 0.05) is 11.8 Å². The molecule has 23 heavy (non-hydrogen) atoms. The highest BCUT2D eigenvalue weighted by Gasteiger charge is 2.53. The average molecular weight is 376 g/mol. The van der Waals surface area contributed by atoms with Crippen LogP contribution in [0.4, 0.5) is 0 Å². The van der Waals surface area contributed by atoms with E-state index in [0.29, 0.717) is 10.6 Å². The topological polar surface area (TPSA) is 78.5 Å². The molecule has 1 aliphatic rings. The van der Waals surface area contributed by atoms with Crippen LogP contribution in [0.1, 0.15) is 19.4 Å². The first kappa shape index (κ1) is 18.5. The van der Waals surface area contributed by atoms with Gasteiger partial charge in [0.25, 0.3) is 0 Å². The van der Waals surface area contributed by atoms with E-state index in [1.807, 2.05) is 13.8 Å². The zero-order valence-corrected chi connectivity index (χ0v) is 15.9. The maximum Gasteiger partial charge on any atom is 0.241 e. The summed E-state index contributed by atoms with van der Waals surface area (Å²) in [5, 5.41) is 5.92. The molecule has 0 radical (unpaired) electrons. The fourth-order valence-electron chi connectivity index (χ4n) is 2.54. The molecule has 128 valence electrons. The Morgan fingerprint density at radius 3 is 2.30 bits per heavy atom. The van der Waals surface area contributed by atoms with Gasteiger partial charge in [0.1, 0.15) is 4.99 Å². The highest BCUT2D eigenvalue weighted by Crippen LogP contribution is 2.34. The summed E-state index contributed by atoms with van der Waals surface area (Å²) < 4.78 is 38.2. The van der Waals surface area contributed by atoms with Crippen molar-refractivity contribution in [3.63, 3.8) is 0 Å². The minimum Gasteiger partial charge on any atom is -0.288 e. The van der Waals surface area contributed by atoms with Crippen LogP contribution in [-0.4, -0.2) is 47.4 Å². The Labute approximate surface area is 145 Å². The maximum absolute atomic E-state index is 13.3. The smallest absolute Gasteiger partial charge is 0.241 e. The molecule has 0 aromatic heterocycles. The fourth-order valence-corrected chi connectivity index (χ4v) is 6.50. The van der Waals surface area contributed by atoms with Crippen molar-refractivity contribution < 1.29 is 12.6 Å². The van der Waals surface area contributed by atoms with E-state index in [1.54, 1.807) is 30.3 Å². The van der Waals surface area contributed by atoms with Gasteiger partial charge in [-0.1, -0.05) is 42.5 Å². The molecule has 0 aliphatic carbocycles. The standard InChI is InChI=1S/C14H21N3O3S3/c1-13(2)12(21)17(10-16-13)22(18)14(15-3,23(4,19)20)11-8-6-5-7-9-11/h5-9,15-16H,10H2,1-4H3. The molecular weight excluding hydrogens is 354 g/mol. The molecule has 2 N–H and O–H groups in total. The van der Waals surface area contributed by atoms with Gasteiger partial charge in [0.05, 0.1) is 12.2 Å². The van der Waals surface area contributed by atoms with Crippen molar-refractivity contribution in [1.29, 1.82) is 0 Å². The molecule has 1 aromatic carbocycles. The van der Waals surface area contributed by atoms with Crippen molar-refractivity contribution in [3.8, 4) is 0 Å². The highest BCUT2D eigenvalue weighted by molar-refractivity contribution is 8.06. The van der Waals surface area contributed by atoms with Crippen LogP contribution in [0.15, 0.2) is 30.3 Å². The lowest BCUT2D eigenvalue weighted by molar-refractivity contribution is 0.516. The van der Waals surface area contributed by atoms with Crippen LogP contribution in [0.3, 0.4) is 0 Å². The first-order valence-corrected chi connectivity index (χ1v) is 10.4. The monoisotopic (exact) mass is 375 g/mol. The normalized spacial score (nSPS) is 21.9. The molecule has 1 heterocycles. The van der Waals surface area contributed by atoms with Crippen molar-refractivity contribution in [3.05, 3.63) is 35.9 Å². The fraction of sp³-hybridized carbons (Fsp3) is 0.500. The summed E-state index contributed by atoms with van der Waals surface area (Å²) >= 11 is 5.39. The summed E-state index contributed by atoms with van der Waals surface area (Å²) in [6, 6.07) is 8.50. The number of thiocarbonyl (C=S) groups is 1. The van der Waals surface area contributed by atoms with Crippen LogP contribution in [0.25, 0.3) is 0 Å². The van der Waals surface area contributed by atoms with Crippen LogP contribution in [-0.2, 0) is 25.0 Å². The number of rotatable bonds is 5. The van der Waals surface area contributed by atoms with E-state index < -0.39 is 30.6 Å². The van der Waals surface area contributed by atoms with Gasteiger partial charge >= 0.3 is 0 Å². The van der Waals surface area contributed by atoms with E-state index in [4.69, 9.17) is 12.2 Å². The van der Waals surface area contributed by atoms with Crippen molar-refractivity contribution >= 4 is 38.0 Å². The van der Waals surface area contributed by atoms with E-state index >= 15 is 0 Å². The second-order valence-electron chi connectivity index (χ2n) is 5.90. The van der Waals surface area contributed by atoms with E-state index in [9.17, 15) is 12.6 Å². The third-order valence-electron chi connectivity index (χ3n) is 3.88. The zero-order valence-electron chi connectivity index (χ0n) is 13.5. The molecule has 0 amide bonds. The summed E-state index contributed by atoms with van der Waals surface area (Å²) in [5.41, 5.74) is -0.102. The lowest BCUT2D eigenvalue weighted by Crippen LogP contribution is -2.55. The van der Waals surface area contributed by atoms with Gasteiger partial charge in [-0.15, -0.1) is 0 Å². The van der Waals surface area contributed by atoms with Gasteiger partial charge < -0.3 is 0 Å². The summed E-state index contributed by atoms with van der Waals surface area (Å²) in [4.78, 5) is 0.426. The molecule has 1 fully saturated rings. The number of hydrogen-bond acceptors (Lipinski definition) is 6. The Bertz CT molecular complexity index is 734. The maximum atomic E-state index is 13.3. The molecule has 9 heteroatoms. The molecule has 1 saturated heterocycles. The van der Waals surface area contributed by atoms with E-state index in [2.05, 4.69) is 10.6 Å². The number of nitrogens with zero attached hydrogens (tertiary/aromatic N) is 1. The van der Waals surface area contributed by atoms with Crippen LogP contribution in [0, 0.1) is 0 Å². The molecular formula is C14H21N3O3S3. The Balaban J connectivity index is 2.61. The van der Waals surface area contributed by atoms with E-state index in [-0.39, 0.29) is 6.67 Å². The Morgan fingerprint density at radius 2 is 1.91 bits per heavy atom. The van der Waals surface area contributed by atoms with Gasteiger partial charge in [-0.05, 0) is 20.9 Å². The third kappa shape index (κ3) is 2.96. The Hall–Kier alpha value is -0.870. The molecule has 1 aliphatic heterocycles. The van der Waals surface area contributed by atoms with Crippen molar-refractivity contribution in [2.45, 2.75) is 23.6 Å². The second-order valence-corrected chi connectivity index (χ2v) is 10.3. The molecule has 2 unspecified atom stereocenters. The van der Waals surface area contributed by atoms with Crippen molar-refractivity contribution in [2.75, 3.05) is 20.0 Å². The average Bonchev–Trinajstić information content (AvgIpc) is 2.74. The van der Waals surface area contributed by atoms with Gasteiger partial charge in [0.15, 0.2) is 20.8 Å². The SMILES string of the molecule is CNC(c1ccccc1)(S(=O)N1CNC(C)(C)C1=S)S(C)(=O)=O. The van der Waals surface area contributed by atoms with Gasteiger partial charge in [-0.2, -0.15) is 0 Å². The van der Waals surface area contributed by atoms with Crippen LogP contribution < -0.4 is 10.6 Å². The molecule has 0 bridgehead atoms. The molecule has 1 aromatic rings. The summed E-state index contributed by atoms with van der Waals surface area (Å²) in [7, 11) is -4.24. The highest BCUT2D eigenvalue weighted by atomic mass is 32.3. The van der Waals surface area contributed by atoms with E-state index in [1.165, 1.54) is 11.4 Å². The van der Waals surface area contributed by atoms with Gasteiger partial charge in [-0.25, -0.2) is 12.6 Å². The first-order valence-electron chi connectivity index (χ1n) is 7.01. The Kier molecular flexibility index (Phi) is 4.99. The third-order valence-corrected chi connectivity index (χ3v) is 9.19. The predicted octanol–water partition coefficient (Wildman–Crippen LogP) is 0.693. The Morgan fingerprint density at radius 1 is 1.35 bits per heavy atom. The number of hydrogen-bond donors (Lipinski definition) is 2. The summed E-state index contributed by atoms with van der Waals surface area (Å²) in [5.74, 6) is 0. The largest absolute Gasteiger partial charge is 0.288 e. The molecule has 2 rings (SSSR count). The van der Waals surface area contributed by atoms with Gasteiger partial charge in [0.2, 0.25) is 4.20 Å². The number of nitrogens with one attached hydrogen (secondary N) is 2. The minimum atomic E-state index is -3.77. The van der Waals surface area contributed by atoms with E-state index in [0.717, 1.165) is 6.26 Å². The quantitative estimate of drug-likeness (QED) is 0.738. The predicted molar refractivity (Wildman–Crippen MR) is 96.7 cm³/mol. The minimum absolute atomic E-state index is 0.226.